The van der Waals surface area contributed by atoms with Crippen LogP contribution in [0.2, 0.25) is 0 Å². The number of benzene rings is 1. The molecule has 1 aromatic carbocycles. The van der Waals surface area contributed by atoms with Crippen LogP contribution in [0.15, 0.2) is 29.1 Å². The maximum absolute atomic E-state index is 11.6. The summed E-state index contributed by atoms with van der Waals surface area (Å²) >= 11 is 0. The molecule has 0 saturated heterocycles. The Morgan fingerprint density at radius 1 is 1.36 bits per heavy atom. The maximum Gasteiger partial charge on any atom is 0.252 e. The summed E-state index contributed by atoms with van der Waals surface area (Å²) in [6.07, 6.45) is 0. The second-order valence-electron chi connectivity index (χ2n) is 5.30. The van der Waals surface area contributed by atoms with Gasteiger partial charge in [0.25, 0.3) is 11.5 Å². The number of aromatic nitrogens is 2. The van der Waals surface area contributed by atoms with Crippen molar-refractivity contribution >= 4 is 11.9 Å². The number of primary amides is 1. The van der Waals surface area contributed by atoms with Crippen LogP contribution < -0.4 is 21.8 Å². The quantitative estimate of drug-likeness (QED) is 0.764. The summed E-state index contributed by atoms with van der Waals surface area (Å²) in [5.41, 5.74) is 11.7. The lowest BCUT2D eigenvalue weighted by Gasteiger charge is -2.12. The van der Waals surface area contributed by atoms with E-state index in [1.807, 2.05) is 13.8 Å². The molecule has 2 rings (SSSR count). The Morgan fingerprint density at radius 2 is 2.09 bits per heavy atom. The predicted octanol–water partition coefficient (Wildman–Crippen LogP) is 1.15. The fraction of sp³-hybridized carbons (Fsp3) is 0.267. The Hall–Kier alpha value is -2.83. The van der Waals surface area contributed by atoms with Crippen molar-refractivity contribution in [3.8, 4) is 17.0 Å². The summed E-state index contributed by atoms with van der Waals surface area (Å²) < 4.78 is 5.58. The zero-order chi connectivity index (χ0) is 16.3. The lowest BCUT2D eigenvalue weighted by Crippen LogP contribution is -2.15. The molecule has 0 aliphatic carbocycles. The molecule has 0 radical (unpaired) electrons. The fourth-order valence-electron chi connectivity index (χ4n) is 1.89. The van der Waals surface area contributed by atoms with E-state index in [-0.39, 0.29) is 17.1 Å². The number of carbonyl (C=O) groups is 1. The Balaban J connectivity index is 2.44. The largest absolute Gasteiger partial charge is 0.492 e. The van der Waals surface area contributed by atoms with Gasteiger partial charge in [0.15, 0.2) is 0 Å². The molecule has 0 bridgehead atoms. The van der Waals surface area contributed by atoms with Gasteiger partial charge in [0.05, 0.1) is 17.9 Å². The molecule has 1 heterocycles. The fourth-order valence-corrected chi connectivity index (χ4v) is 1.89. The number of nitrogens with one attached hydrogen (secondary N) is 1. The van der Waals surface area contributed by atoms with Gasteiger partial charge < -0.3 is 16.2 Å². The smallest absolute Gasteiger partial charge is 0.252 e. The first-order valence-corrected chi connectivity index (χ1v) is 6.80. The maximum atomic E-state index is 11.6. The van der Waals surface area contributed by atoms with Crippen molar-refractivity contribution in [1.29, 1.82) is 0 Å². The number of ether oxygens (including phenoxy) is 1. The minimum absolute atomic E-state index is 0.00302. The van der Waals surface area contributed by atoms with E-state index in [0.29, 0.717) is 29.5 Å². The average molecular weight is 302 g/mol. The van der Waals surface area contributed by atoms with Gasteiger partial charge in [-0.3, -0.25) is 14.6 Å². The molecule has 5 N–H and O–H groups in total. The molecule has 1 aromatic heterocycles. The summed E-state index contributed by atoms with van der Waals surface area (Å²) in [6.45, 7) is 4.47. The third kappa shape index (κ3) is 3.63. The van der Waals surface area contributed by atoms with Crippen molar-refractivity contribution in [2.24, 2.45) is 11.7 Å². The highest BCUT2D eigenvalue weighted by Gasteiger charge is 2.13. The normalized spacial score (nSPS) is 10.7. The molecule has 0 atom stereocenters. The number of H-pyrrole nitrogens is 1. The van der Waals surface area contributed by atoms with Crippen LogP contribution in [0.3, 0.4) is 0 Å². The highest BCUT2D eigenvalue weighted by atomic mass is 16.5. The van der Waals surface area contributed by atoms with Gasteiger partial charge in [-0.1, -0.05) is 13.8 Å². The number of nitrogen functional groups attached to an aromatic ring is 1. The van der Waals surface area contributed by atoms with Crippen LogP contribution in [0.1, 0.15) is 24.2 Å². The second-order valence-corrected chi connectivity index (χ2v) is 5.30. The van der Waals surface area contributed by atoms with E-state index >= 15 is 0 Å². The van der Waals surface area contributed by atoms with Crippen LogP contribution in [0.4, 0.5) is 5.95 Å². The molecule has 0 saturated carbocycles. The van der Waals surface area contributed by atoms with Gasteiger partial charge >= 0.3 is 0 Å². The third-order valence-corrected chi connectivity index (χ3v) is 2.87. The summed E-state index contributed by atoms with van der Waals surface area (Å²) in [5, 5.41) is 0. The molecule has 2 aromatic rings. The van der Waals surface area contributed by atoms with Crippen molar-refractivity contribution in [2.45, 2.75) is 13.8 Å². The molecule has 7 nitrogen and oxygen atoms in total. The number of aromatic amines is 1. The van der Waals surface area contributed by atoms with E-state index in [1.165, 1.54) is 6.07 Å². The van der Waals surface area contributed by atoms with Crippen LogP contribution >= 0.6 is 0 Å². The third-order valence-electron chi connectivity index (χ3n) is 2.87. The zero-order valence-electron chi connectivity index (χ0n) is 12.4. The number of nitrogens with two attached hydrogens (primary N) is 2. The summed E-state index contributed by atoms with van der Waals surface area (Å²) in [5.74, 6) is 0.110. The lowest BCUT2D eigenvalue weighted by atomic mass is 10.1. The predicted molar refractivity (Wildman–Crippen MR) is 83.6 cm³/mol. The molecule has 0 fully saturated rings. The highest BCUT2D eigenvalue weighted by molar-refractivity contribution is 5.96. The van der Waals surface area contributed by atoms with Gasteiger partial charge in [0.1, 0.15) is 5.75 Å². The summed E-state index contributed by atoms with van der Waals surface area (Å²) in [4.78, 5) is 29.5. The first-order chi connectivity index (χ1) is 10.4. The number of carbonyl (C=O) groups excluding carboxylic acids is 1. The van der Waals surface area contributed by atoms with Crippen LogP contribution in [-0.2, 0) is 0 Å². The Morgan fingerprint density at radius 3 is 2.68 bits per heavy atom. The van der Waals surface area contributed by atoms with Gasteiger partial charge in [-0.25, -0.2) is 4.98 Å². The highest BCUT2D eigenvalue weighted by Crippen LogP contribution is 2.25. The number of anilines is 1. The first kappa shape index (κ1) is 15.6. The van der Waals surface area contributed by atoms with E-state index in [9.17, 15) is 9.59 Å². The number of hydrogen-bond donors (Lipinski definition) is 3. The van der Waals surface area contributed by atoms with Gasteiger partial charge in [0.2, 0.25) is 5.95 Å². The molecule has 116 valence electrons. The van der Waals surface area contributed by atoms with Gasteiger partial charge in [-0.05, 0) is 24.1 Å². The van der Waals surface area contributed by atoms with E-state index in [0.717, 1.165) is 0 Å². The van der Waals surface area contributed by atoms with Crippen LogP contribution in [0, 0.1) is 5.92 Å². The van der Waals surface area contributed by atoms with Gasteiger partial charge in [0, 0.05) is 11.6 Å². The number of nitrogens with zero attached hydrogens (tertiary/aromatic N) is 1. The monoisotopic (exact) mass is 302 g/mol. The van der Waals surface area contributed by atoms with E-state index in [2.05, 4.69) is 9.97 Å². The van der Waals surface area contributed by atoms with Crippen molar-refractivity contribution in [3.05, 3.63) is 40.2 Å². The Labute approximate surface area is 127 Å². The van der Waals surface area contributed by atoms with Crippen molar-refractivity contribution in [3.63, 3.8) is 0 Å². The standard InChI is InChI=1S/C15H18N4O3/c1-8(2)7-22-12-4-3-9(5-10(12)14(16)21)11-6-13(20)19-15(17)18-11/h3-6,8H,7H2,1-2H3,(H2,16,21)(H3,17,18,19,20). The summed E-state index contributed by atoms with van der Waals surface area (Å²) in [6, 6.07) is 6.17. The molecule has 0 unspecified atom stereocenters. The molecule has 1 amide bonds. The molecule has 0 spiro atoms. The van der Waals surface area contributed by atoms with E-state index < -0.39 is 5.91 Å². The van der Waals surface area contributed by atoms with Crippen LogP contribution in [0.25, 0.3) is 11.3 Å². The molecular formula is C15H18N4O3. The average Bonchev–Trinajstić information content (AvgIpc) is 2.43. The topological polar surface area (TPSA) is 124 Å². The number of hydrogen-bond acceptors (Lipinski definition) is 5. The molecule has 0 aliphatic heterocycles. The lowest BCUT2D eigenvalue weighted by molar-refractivity contribution is 0.0995. The van der Waals surface area contributed by atoms with Crippen molar-refractivity contribution in [2.75, 3.05) is 12.3 Å². The second kappa shape index (κ2) is 6.30. The number of rotatable bonds is 5. The first-order valence-electron chi connectivity index (χ1n) is 6.80. The Kier molecular flexibility index (Phi) is 4.45. The molecular weight excluding hydrogens is 284 g/mol. The minimum atomic E-state index is -0.613. The van der Waals surface area contributed by atoms with E-state index in [4.69, 9.17) is 16.2 Å². The zero-order valence-corrected chi connectivity index (χ0v) is 12.4. The van der Waals surface area contributed by atoms with Crippen LogP contribution in [0.5, 0.6) is 5.75 Å². The summed E-state index contributed by atoms with van der Waals surface area (Å²) in [7, 11) is 0. The minimum Gasteiger partial charge on any atom is -0.492 e. The van der Waals surface area contributed by atoms with Crippen molar-refractivity contribution < 1.29 is 9.53 Å². The van der Waals surface area contributed by atoms with Crippen molar-refractivity contribution in [1.82, 2.24) is 9.97 Å². The molecule has 22 heavy (non-hydrogen) atoms. The Bertz CT molecular complexity index is 753. The van der Waals surface area contributed by atoms with E-state index in [1.54, 1.807) is 18.2 Å². The molecule has 0 aliphatic rings. The number of amides is 1. The molecule has 7 heteroatoms. The van der Waals surface area contributed by atoms with Gasteiger partial charge in [-0.15, -0.1) is 0 Å². The SMILES string of the molecule is CC(C)COc1ccc(-c2cc(=O)[nH]c(N)n2)cc1C(N)=O. The van der Waals surface area contributed by atoms with Gasteiger partial charge in [-0.2, -0.15) is 0 Å². The van der Waals surface area contributed by atoms with Crippen LogP contribution in [-0.4, -0.2) is 22.5 Å².